The van der Waals surface area contributed by atoms with E-state index in [4.69, 9.17) is 0 Å². The molecule has 1 spiro atoms. The van der Waals surface area contributed by atoms with Crippen molar-refractivity contribution in [2.24, 2.45) is 0 Å². The van der Waals surface area contributed by atoms with Gasteiger partial charge in [0.15, 0.2) is 0 Å². The van der Waals surface area contributed by atoms with Crippen LogP contribution in [-0.2, 0) is 0 Å². The molecule has 2 N–H and O–H groups in total. The molecule has 25 heavy (non-hydrogen) atoms. The molecule has 5 rings (SSSR count). The summed E-state index contributed by atoms with van der Waals surface area (Å²) < 4.78 is 0. The first-order valence-corrected chi connectivity index (χ1v) is 9.06. The van der Waals surface area contributed by atoms with Crippen molar-refractivity contribution in [1.29, 1.82) is 0 Å². The smallest absolute Gasteiger partial charge is 0.139 e. The topological polar surface area (TPSA) is 69.7 Å². The second-order valence-corrected chi connectivity index (χ2v) is 7.22. The number of nitrogens with one attached hydrogen (secondary N) is 2. The number of nitrogens with zero attached hydrogens (tertiary/aromatic N) is 4. The third-order valence-electron chi connectivity index (χ3n) is 5.70. The molecule has 6 heteroatoms. The van der Waals surface area contributed by atoms with E-state index in [0.717, 1.165) is 36.4 Å². The Labute approximate surface area is 146 Å². The van der Waals surface area contributed by atoms with Crippen LogP contribution in [0.25, 0.3) is 22.2 Å². The van der Waals surface area contributed by atoms with E-state index in [2.05, 4.69) is 36.2 Å². The molecule has 1 atom stereocenters. The molecule has 0 unspecified atom stereocenters. The second-order valence-electron chi connectivity index (χ2n) is 7.22. The molecular weight excluding hydrogens is 312 g/mol. The molecule has 2 aliphatic heterocycles. The number of H-pyrrole nitrogens is 1. The number of fused-ring (bicyclic) bond motifs is 1. The van der Waals surface area contributed by atoms with E-state index in [-0.39, 0.29) is 0 Å². The van der Waals surface area contributed by atoms with Crippen LogP contribution >= 0.6 is 0 Å². The van der Waals surface area contributed by atoms with Crippen molar-refractivity contribution >= 4 is 16.7 Å². The predicted molar refractivity (Wildman–Crippen MR) is 98.5 cm³/mol. The molecule has 2 aliphatic rings. The molecule has 6 nitrogen and oxygen atoms in total. The van der Waals surface area contributed by atoms with E-state index in [1.54, 1.807) is 6.33 Å². The Morgan fingerprint density at radius 1 is 1.12 bits per heavy atom. The maximum Gasteiger partial charge on any atom is 0.139 e. The molecule has 0 bridgehead atoms. The molecule has 0 aromatic carbocycles. The number of pyridine rings is 1. The minimum atomic E-state index is 0.292. The van der Waals surface area contributed by atoms with Gasteiger partial charge in [0.1, 0.15) is 12.0 Å². The number of hydrogen-bond donors (Lipinski definition) is 2. The Balaban J connectivity index is 1.57. The van der Waals surface area contributed by atoms with Crippen LogP contribution in [0.4, 0.5) is 5.69 Å². The second kappa shape index (κ2) is 5.81. The number of rotatable bonds is 2. The van der Waals surface area contributed by atoms with Crippen molar-refractivity contribution in [3.8, 4) is 11.1 Å². The summed E-state index contributed by atoms with van der Waals surface area (Å²) in [4.78, 5) is 18.7. The maximum atomic E-state index is 4.52. The highest BCUT2D eigenvalue weighted by Crippen LogP contribution is 2.38. The summed E-state index contributed by atoms with van der Waals surface area (Å²) in [5.41, 5.74) is 4.62. The van der Waals surface area contributed by atoms with Crippen molar-refractivity contribution in [3.63, 3.8) is 0 Å². The molecule has 0 radical (unpaired) electrons. The summed E-state index contributed by atoms with van der Waals surface area (Å²) in [5, 5.41) is 4.97. The highest BCUT2D eigenvalue weighted by molar-refractivity contribution is 6.02. The van der Waals surface area contributed by atoms with Crippen molar-refractivity contribution in [2.45, 2.75) is 31.2 Å². The summed E-state index contributed by atoms with van der Waals surface area (Å²) in [7, 11) is 0. The van der Waals surface area contributed by atoms with Gasteiger partial charge in [-0.2, -0.15) is 0 Å². The SMILES string of the molecule is c1ncc(-c2c[nH]c3nccc(N4CC[C@@]5(CCCCN5)C4)c23)cn1. The zero-order valence-corrected chi connectivity index (χ0v) is 14.2. The molecule has 2 fully saturated rings. The highest BCUT2D eigenvalue weighted by Gasteiger charge is 2.39. The van der Waals surface area contributed by atoms with Crippen LogP contribution in [0.5, 0.6) is 0 Å². The largest absolute Gasteiger partial charge is 0.369 e. The minimum Gasteiger partial charge on any atom is -0.369 e. The zero-order chi connectivity index (χ0) is 16.7. The number of anilines is 1. The lowest BCUT2D eigenvalue weighted by Gasteiger charge is -2.35. The number of piperidine rings is 1. The third kappa shape index (κ3) is 2.48. The van der Waals surface area contributed by atoms with Gasteiger partial charge in [-0.3, -0.25) is 0 Å². The molecule has 0 amide bonds. The first-order valence-electron chi connectivity index (χ1n) is 9.06. The lowest BCUT2D eigenvalue weighted by Crippen LogP contribution is -2.50. The summed E-state index contributed by atoms with van der Waals surface area (Å²) >= 11 is 0. The van der Waals surface area contributed by atoms with Gasteiger partial charge in [-0.05, 0) is 31.9 Å². The van der Waals surface area contributed by atoms with E-state index in [1.165, 1.54) is 36.8 Å². The van der Waals surface area contributed by atoms with Crippen molar-refractivity contribution in [3.05, 3.63) is 37.2 Å². The monoisotopic (exact) mass is 334 g/mol. The Morgan fingerprint density at radius 2 is 2.04 bits per heavy atom. The lowest BCUT2D eigenvalue weighted by atomic mass is 9.88. The first kappa shape index (κ1) is 14.8. The van der Waals surface area contributed by atoms with Gasteiger partial charge in [-0.15, -0.1) is 0 Å². The Kier molecular flexibility index (Phi) is 3.45. The molecule has 3 aromatic heterocycles. The lowest BCUT2D eigenvalue weighted by molar-refractivity contribution is 0.280. The number of hydrogen-bond acceptors (Lipinski definition) is 5. The van der Waals surface area contributed by atoms with E-state index in [0.29, 0.717) is 5.54 Å². The van der Waals surface area contributed by atoms with Gasteiger partial charge in [-0.1, -0.05) is 6.42 Å². The summed E-state index contributed by atoms with van der Waals surface area (Å²) in [6.45, 7) is 3.31. The fourth-order valence-corrected chi connectivity index (χ4v) is 4.43. The van der Waals surface area contributed by atoms with Crippen molar-refractivity contribution in [1.82, 2.24) is 25.3 Å². The van der Waals surface area contributed by atoms with Gasteiger partial charge in [0, 0.05) is 60.2 Å². The van der Waals surface area contributed by atoms with E-state index < -0.39 is 0 Å². The van der Waals surface area contributed by atoms with Gasteiger partial charge < -0.3 is 15.2 Å². The van der Waals surface area contributed by atoms with Gasteiger partial charge in [0.2, 0.25) is 0 Å². The summed E-state index contributed by atoms with van der Waals surface area (Å²) in [6, 6.07) is 2.14. The zero-order valence-electron chi connectivity index (χ0n) is 14.2. The maximum absolute atomic E-state index is 4.52. The first-order chi connectivity index (χ1) is 12.3. The molecule has 0 aliphatic carbocycles. The quantitative estimate of drug-likeness (QED) is 0.754. The normalized spacial score (nSPS) is 23.6. The van der Waals surface area contributed by atoms with Crippen LogP contribution in [0.3, 0.4) is 0 Å². The Bertz CT molecular complexity index is 881. The molecule has 2 saturated heterocycles. The average molecular weight is 334 g/mol. The van der Waals surface area contributed by atoms with Crippen LogP contribution in [0.2, 0.25) is 0 Å². The minimum absolute atomic E-state index is 0.292. The van der Waals surface area contributed by atoms with E-state index in [9.17, 15) is 0 Å². The molecule has 0 saturated carbocycles. The van der Waals surface area contributed by atoms with Gasteiger partial charge in [0.05, 0.1) is 5.39 Å². The predicted octanol–water partition coefficient (Wildman–Crippen LogP) is 2.74. The fourth-order valence-electron chi connectivity index (χ4n) is 4.43. The number of aromatic nitrogens is 4. The summed E-state index contributed by atoms with van der Waals surface area (Å²) in [6.07, 6.45) is 14.3. The molecule has 5 heterocycles. The summed E-state index contributed by atoms with van der Waals surface area (Å²) in [5.74, 6) is 0. The van der Waals surface area contributed by atoms with E-state index in [1.807, 2.05) is 24.8 Å². The standard InChI is InChI=1S/C19H22N6/c1-2-6-24-19(4-1)5-8-25(12-19)16-3-7-22-18-17(16)15(11-23-18)14-9-20-13-21-10-14/h3,7,9-11,13,24H,1-2,4-6,8,12H2,(H,22,23)/t19-/m0/s1. The molecular formula is C19H22N6. The average Bonchev–Trinajstić information content (AvgIpc) is 3.28. The van der Waals surface area contributed by atoms with Crippen LogP contribution in [-0.4, -0.2) is 45.1 Å². The number of aromatic amines is 1. The van der Waals surface area contributed by atoms with Crippen molar-refractivity contribution < 1.29 is 0 Å². The molecule has 128 valence electrons. The van der Waals surface area contributed by atoms with Crippen molar-refractivity contribution in [2.75, 3.05) is 24.5 Å². The Hall–Kier alpha value is -2.47. The van der Waals surface area contributed by atoms with E-state index >= 15 is 0 Å². The third-order valence-corrected chi connectivity index (χ3v) is 5.70. The van der Waals surface area contributed by atoms with Gasteiger partial charge in [-0.25, -0.2) is 15.0 Å². The fraction of sp³-hybridized carbons (Fsp3) is 0.421. The van der Waals surface area contributed by atoms with Gasteiger partial charge >= 0.3 is 0 Å². The van der Waals surface area contributed by atoms with Crippen LogP contribution < -0.4 is 10.2 Å². The Morgan fingerprint density at radius 3 is 2.88 bits per heavy atom. The highest BCUT2D eigenvalue weighted by atomic mass is 15.2. The molecule has 3 aromatic rings. The van der Waals surface area contributed by atoms with Crippen LogP contribution in [0, 0.1) is 0 Å². The van der Waals surface area contributed by atoms with Crippen LogP contribution in [0.1, 0.15) is 25.7 Å². The van der Waals surface area contributed by atoms with Crippen LogP contribution in [0.15, 0.2) is 37.2 Å². The van der Waals surface area contributed by atoms with Gasteiger partial charge in [0.25, 0.3) is 0 Å².